The molecule has 1 aromatic heterocycles. The third-order valence-electron chi connectivity index (χ3n) is 5.61. The van der Waals surface area contributed by atoms with Crippen LogP contribution in [0.25, 0.3) is 0 Å². The maximum Gasteiger partial charge on any atom is 0.230 e. The third-order valence-corrected chi connectivity index (χ3v) is 5.61. The Morgan fingerprint density at radius 1 is 1.35 bits per heavy atom. The highest BCUT2D eigenvalue weighted by atomic mass is 16.5. The minimum absolute atomic E-state index is 0.217. The van der Waals surface area contributed by atoms with Crippen molar-refractivity contribution in [3.8, 4) is 5.75 Å². The van der Waals surface area contributed by atoms with Crippen LogP contribution in [0.5, 0.6) is 5.75 Å². The second-order valence-corrected chi connectivity index (χ2v) is 7.87. The molecule has 2 heterocycles. The molecule has 0 N–H and O–H groups in total. The minimum atomic E-state index is -0.217. The molecule has 1 atom stereocenters. The molecule has 0 spiro atoms. The second-order valence-electron chi connectivity index (χ2n) is 7.87. The highest BCUT2D eigenvalue weighted by Gasteiger charge is 2.52. The van der Waals surface area contributed by atoms with E-state index in [1.807, 2.05) is 29.1 Å². The summed E-state index contributed by atoms with van der Waals surface area (Å²) >= 11 is 0. The monoisotopic (exact) mass is 353 g/mol. The van der Waals surface area contributed by atoms with E-state index in [-0.39, 0.29) is 5.41 Å². The summed E-state index contributed by atoms with van der Waals surface area (Å²) in [6, 6.07) is 10.1. The van der Waals surface area contributed by atoms with Gasteiger partial charge in [-0.3, -0.25) is 9.48 Å². The van der Waals surface area contributed by atoms with Crippen LogP contribution in [0.3, 0.4) is 0 Å². The number of piperidine rings is 1. The summed E-state index contributed by atoms with van der Waals surface area (Å²) in [6.45, 7) is 5.15. The van der Waals surface area contributed by atoms with E-state index >= 15 is 0 Å². The average Bonchev–Trinajstić information content (AvgIpc) is 3.25. The van der Waals surface area contributed by atoms with Gasteiger partial charge >= 0.3 is 0 Å². The average molecular weight is 353 g/mol. The Balaban J connectivity index is 1.33. The summed E-state index contributed by atoms with van der Waals surface area (Å²) in [7, 11) is 0. The van der Waals surface area contributed by atoms with Gasteiger partial charge in [-0.25, -0.2) is 0 Å². The van der Waals surface area contributed by atoms with Crippen LogP contribution in [0.2, 0.25) is 0 Å². The minimum Gasteiger partial charge on any atom is -0.493 e. The molecule has 1 aromatic carbocycles. The largest absolute Gasteiger partial charge is 0.493 e. The third kappa shape index (κ3) is 3.76. The van der Waals surface area contributed by atoms with Gasteiger partial charge in [-0.2, -0.15) is 5.10 Å². The van der Waals surface area contributed by atoms with E-state index in [2.05, 4.69) is 29.1 Å². The number of hydrogen-bond acceptors (Lipinski definition) is 3. The van der Waals surface area contributed by atoms with Crippen molar-refractivity contribution in [3.05, 3.63) is 48.3 Å². The topological polar surface area (TPSA) is 47.4 Å². The van der Waals surface area contributed by atoms with Gasteiger partial charge in [-0.05, 0) is 56.4 Å². The van der Waals surface area contributed by atoms with Crippen LogP contribution < -0.4 is 4.74 Å². The Morgan fingerprint density at radius 3 is 2.96 bits per heavy atom. The van der Waals surface area contributed by atoms with E-state index in [0.29, 0.717) is 25.0 Å². The van der Waals surface area contributed by atoms with E-state index < -0.39 is 0 Å². The molecule has 1 saturated heterocycles. The molecule has 1 unspecified atom stereocenters. The van der Waals surface area contributed by atoms with Gasteiger partial charge in [-0.15, -0.1) is 0 Å². The zero-order valence-corrected chi connectivity index (χ0v) is 15.4. The van der Waals surface area contributed by atoms with Crippen molar-refractivity contribution in [2.45, 2.75) is 39.2 Å². The van der Waals surface area contributed by atoms with E-state index in [4.69, 9.17) is 4.74 Å². The molecule has 0 radical (unpaired) electrons. The summed E-state index contributed by atoms with van der Waals surface area (Å²) in [5.74, 6) is 1.65. The fourth-order valence-corrected chi connectivity index (χ4v) is 3.93. The van der Waals surface area contributed by atoms with Crippen molar-refractivity contribution in [2.24, 2.45) is 11.3 Å². The molecule has 1 saturated carbocycles. The lowest BCUT2D eigenvalue weighted by Crippen LogP contribution is -2.46. The number of nitrogens with zero attached hydrogens (tertiary/aromatic N) is 3. The lowest BCUT2D eigenvalue weighted by Gasteiger charge is -2.35. The Kier molecular flexibility index (Phi) is 4.70. The summed E-state index contributed by atoms with van der Waals surface area (Å²) < 4.78 is 7.88. The number of aromatic nitrogens is 2. The second kappa shape index (κ2) is 7.14. The van der Waals surface area contributed by atoms with E-state index in [1.54, 1.807) is 6.20 Å². The van der Waals surface area contributed by atoms with E-state index in [9.17, 15) is 4.79 Å². The zero-order valence-electron chi connectivity index (χ0n) is 15.4. The fraction of sp³-hybridized carbons (Fsp3) is 0.524. The predicted molar refractivity (Wildman–Crippen MR) is 99.9 cm³/mol. The lowest BCUT2D eigenvalue weighted by atomic mass is 9.96. The van der Waals surface area contributed by atoms with Crippen molar-refractivity contribution in [1.29, 1.82) is 0 Å². The van der Waals surface area contributed by atoms with Gasteiger partial charge in [0.25, 0.3) is 0 Å². The molecule has 2 fully saturated rings. The van der Waals surface area contributed by atoms with Gasteiger partial charge in [0.15, 0.2) is 0 Å². The first kappa shape index (κ1) is 17.1. The highest BCUT2D eigenvalue weighted by molar-refractivity contribution is 5.85. The maximum absolute atomic E-state index is 13.1. The molecule has 4 rings (SSSR count). The molecular weight excluding hydrogens is 326 g/mol. The van der Waals surface area contributed by atoms with Crippen molar-refractivity contribution in [1.82, 2.24) is 14.7 Å². The van der Waals surface area contributed by atoms with Crippen LogP contribution in [0.15, 0.2) is 42.7 Å². The van der Waals surface area contributed by atoms with Crippen molar-refractivity contribution < 1.29 is 9.53 Å². The van der Waals surface area contributed by atoms with Gasteiger partial charge in [0.05, 0.1) is 18.6 Å². The number of amides is 1. The van der Waals surface area contributed by atoms with Crippen LogP contribution in [0.4, 0.5) is 0 Å². The van der Waals surface area contributed by atoms with E-state index in [0.717, 1.165) is 44.5 Å². The van der Waals surface area contributed by atoms with Crippen LogP contribution in [0.1, 0.15) is 31.2 Å². The summed E-state index contributed by atoms with van der Waals surface area (Å²) in [5.41, 5.74) is 0.989. The number of likely N-dealkylation sites (tertiary alicyclic amines) is 1. The molecule has 138 valence electrons. The first-order valence-corrected chi connectivity index (χ1v) is 9.61. The van der Waals surface area contributed by atoms with Crippen molar-refractivity contribution >= 4 is 5.91 Å². The van der Waals surface area contributed by atoms with Crippen LogP contribution >= 0.6 is 0 Å². The number of aryl methyl sites for hydroxylation is 1. The van der Waals surface area contributed by atoms with Gasteiger partial charge in [0.2, 0.25) is 5.91 Å². The highest BCUT2D eigenvalue weighted by Crippen LogP contribution is 2.49. The number of benzene rings is 1. The molecule has 1 aliphatic carbocycles. The molecule has 2 aromatic rings. The summed E-state index contributed by atoms with van der Waals surface area (Å²) in [5, 5.41) is 4.28. The zero-order chi connectivity index (χ0) is 18.0. The number of rotatable bonds is 6. The standard InChI is InChI=1S/C21H27N3O2/c1-17-5-2-7-19(13-17)26-15-18-6-3-11-23(14-18)20(25)21(8-9-21)16-24-12-4-10-22-24/h2,4-5,7,10,12-13,18H,3,6,8-9,11,14-16H2,1H3. The van der Waals surface area contributed by atoms with Crippen molar-refractivity contribution in [3.63, 3.8) is 0 Å². The molecule has 5 nitrogen and oxygen atoms in total. The maximum atomic E-state index is 13.1. The molecule has 1 amide bonds. The molecule has 0 bridgehead atoms. The Hall–Kier alpha value is -2.30. The quantitative estimate of drug-likeness (QED) is 0.801. The SMILES string of the molecule is Cc1cccc(OCC2CCCN(C(=O)C3(Cn4cccn4)CC3)C2)c1. The first-order chi connectivity index (χ1) is 12.6. The van der Waals surface area contributed by atoms with Crippen LogP contribution in [-0.4, -0.2) is 40.3 Å². The predicted octanol–water partition coefficient (Wildman–Crippen LogP) is 3.29. The Morgan fingerprint density at radius 2 is 2.23 bits per heavy atom. The van der Waals surface area contributed by atoms with Crippen LogP contribution in [-0.2, 0) is 11.3 Å². The Labute approximate surface area is 154 Å². The molecule has 1 aliphatic heterocycles. The van der Waals surface area contributed by atoms with E-state index in [1.165, 1.54) is 5.56 Å². The van der Waals surface area contributed by atoms with Gasteiger partial charge in [-0.1, -0.05) is 12.1 Å². The van der Waals surface area contributed by atoms with Gasteiger partial charge in [0, 0.05) is 31.4 Å². The lowest BCUT2D eigenvalue weighted by molar-refractivity contribution is -0.139. The smallest absolute Gasteiger partial charge is 0.230 e. The summed E-state index contributed by atoms with van der Waals surface area (Å²) in [4.78, 5) is 15.2. The Bertz CT molecular complexity index is 752. The van der Waals surface area contributed by atoms with Crippen molar-refractivity contribution in [2.75, 3.05) is 19.7 Å². The first-order valence-electron chi connectivity index (χ1n) is 9.61. The molecule has 2 aliphatic rings. The summed E-state index contributed by atoms with van der Waals surface area (Å²) in [6.07, 6.45) is 7.87. The number of hydrogen-bond donors (Lipinski definition) is 0. The number of ether oxygens (including phenoxy) is 1. The fourth-order valence-electron chi connectivity index (χ4n) is 3.93. The molecular formula is C21H27N3O2. The number of carbonyl (C=O) groups is 1. The number of carbonyl (C=O) groups excluding carboxylic acids is 1. The molecule has 26 heavy (non-hydrogen) atoms. The normalized spacial score (nSPS) is 21.4. The van der Waals surface area contributed by atoms with Gasteiger partial charge in [0.1, 0.15) is 5.75 Å². The van der Waals surface area contributed by atoms with Gasteiger partial charge < -0.3 is 9.64 Å². The van der Waals surface area contributed by atoms with Crippen LogP contribution in [0, 0.1) is 18.3 Å². The molecule has 5 heteroatoms.